The molecule has 0 spiro atoms. The molecule has 0 amide bonds. The van der Waals surface area contributed by atoms with Crippen LogP contribution in [-0.2, 0) is 0 Å². The molecular formula is C18H28N2. The van der Waals surface area contributed by atoms with Crippen LogP contribution in [0.5, 0.6) is 0 Å². The quantitative estimate of drug-likeness (QED) is 0.879. The third kappa shape index (κ3) is 3.62. The fraction of sp³-hybridized carbons (Fsp3) is 0.667. The van der Waals surface area contributed by atoms with Crippen molar-refractivity contribution < 1.29 is 0 Å². The van der Waals surface area contributed by atoms with Crippen molar-refractivity contribution in [3.8, 4) is 0 Å². The molecule has 1 aromatic carbocycles. The van der Waals surface area contributed by atoms with E-state index in [0.29, 0.717) is 6.04 Å². The summed E-state index contributed by atoms with van der Waals surface area (Å²) in [6.07, 6.45) is 11.1. The molecule has 3 rings (SSSR count). The number of piperidine rings is 1. The molecule has 110 valence electrons. The zero-order chi connectivity index (χ0) is 13.6. The van der Waals surface area contributed by atoms with Crippen LogP contribution in [0.3, 0.4) is 0 Å². The summed E-state index contributed by atoms with van der Waals surface area (Å²) in [6, 6.07) is 11.6. The maximum atomic E-state index is 3.88. The Morgan fingerprint density at radius 3 is 2.20 bits per heavy atom. The summed E-state index contributed by atoms with van der Waals surface area (Å²) >= 11 is 0. The first-order valence-corrected chi connectivity index (χ1v) is 8.49. The van der Waals surface area contributed by atoms with E-state index in [1.54, 1.807) is 0 Å². The molecule has 1 N–H and O–H groups in total. The zero-order valence-electron chi connectivity index (χ0n) is 12.6. The van der Waals surface area contributed by atoms with Crippen LogP contribution in [0.2, 0.25) is 0 Å². The summed E-state index contributed by atoms with van der Waals surface area (Å²) in [7, 11) is 0. The van der Waals surface area contributed by atoms with Crippen LogP contribution in [0.4, 0.5) is 0 Å². The molecule has 1 heterocycles. The average molecular weight is 272 g/mol. The van der Waals surface area contributed by atoms with E-state index in [0.717, 1.165) is 5.92 Å². The minimum Gasteiger partial charge on any atom is -0.247 e. The molecule has 1 aliphatic carbocycles. The van der Waals surface area contributed by atoms with Crippen molar-refractivity contribution in [2.24, 2.45) is 5.92 Å². The van der Waals surface area contributed by atoms with Crippen LogP contribution in [0.25, 0.3) is 0 Å². The molecule has 1 saturated heterocycles. The molecule has 2 fully saturated rings. The van der Waals surface area contributed by atoms with Gasteiger partial charge in [0.1, 0.15) is 0 Å². The molecule has 1 atom stereocenters. The predicted octanol–water partition coefficient (Wildman–Crippen LogP) is 4.30. The van der Waals surface area contributed by atoms with Crippen LogP contribution in [0.1, 0.15) is 63.0 Å². The lowest BCUT2D eigenvalue weighted by molar-refractivity contribution is 0.0962. The number of nitrogens with one attached hydrogen (secondary N) is 1. The summed E-state index contributed by atoms with van der Waals surface area (Å²) in [5.74, 6) is 0.813. The van der Waals surface area contributed by atoms with Crippen molar-refractivity contribution in [1.29, 1.82) is 0 Å². The Hall–Kier alpha value is -0.860. The van der Waals surface area contributed by atoms with E-state index < -0.39 is 0 Å². The fourth-order valence-electron chi connectivity index (χ4n) is 3.80. The van der Waals surface area contributed by atoms with Crippen molar-refractivity contribution >= 4 is 0 Å². The van der Waals surface area contributed by atoms with Gasteiger partial charge in [-0.1, -0.05) is 56.0 Å². The van der Waals surface area contributed by atoms with Gasteiger partial charge in [0, 0.05) is 19.1 Å². The second-order valence-electron chi connectivity index (χ2n) is 6.46. The molecule has 2 nitrogen and oxygen atoms in total. The van der Waals surface area contributed by atoms with Gasteiger partial charge in [-0.15, -0.1) is 0 Å². The van der Waals surface area contributed by atoms with Crippen molar-refractivity contribution in [2.45, 2.75) is 57.4 Å². The lowest BCUT2D eigenvalue weighted by atomic mass is 9.81. The first-order valence-electron chi connectivity index (χ1n) is 8.49. The van der Waals surface area contributed by atoms with Crippen LogP contribution < -0.4 is 5.43 Å². The number of hydrazine groups is 1. The second-order valence-corrected chi connectivity index (χ2v) is 6.46. The Kier molecular flexibility index (Phi) is 5.10. The SMILES string of the molecule is c1ccc(C(NN2CCCCC2)C2CCCCC2)cc1. The number of hydrogen-bond donors (Lipinski definition) is 1. The third-order valence-electron chi connectivity index (χ3n) is 4.96. The minimum absolute atomic E-state index is 0.523. The monoisotopic (exact) mass is 272 g/mol. The number of hydrogen-bond acceptors (Lipinski definition) is 2. The van der Waals surface area contributed by atoms with E-state index in [9.17, 15) is 0 Å². The van der Waals surface area contributed by atoms with E-state index in [2.05, 4.69) is 40.8 Å². The maximum absolute atomic E-state index is 3.88. The van der Waals surface area contributed by atoms with Gasteiger partial charge < -0.3 is 0 Å². The van der Waals surface area contributed by atoms with Crippen LogP contribution in [0.15, 0.2) is 30.3 Å². The average Bonchev–Trinajstić information content (AvgIpc) is 2.55. The largest absolute Gasteiger partial charge is 0.247 e. The fourth-order valence-corrected chi connectivity index (χ4v) is 3.80. The Morgan fingerprint density at radius 1 is 0.850 bits per heavy atom. The third-order valence-corrected chi connectivity index (χ3v) is 4.96. The molecule has 2 aliphatic rings. The summed E-state index contributed by atoms with van der Waals surface area (Å²) in [5.41, 5.74) is 5.35. The van der Waals surface area contributed by atoms with Crippen molar-refractivity contribution in [3.05, 3.63) is 35.9 Å². The highest BCUT2D eigenvalue weighted by Crippen LogP contribution is 2.34. The Bertz CT molecular complexity index is 378. The topological polar surface area (TPSA) is 15.3 Å². The normalized spacial score (nSPS) is 23.6. The number of nitrogens with zero attached hydrogens (tertiary/aromatic N) is 1. The zero-order valence-corrected chi connectivity index (χ0v) is 12.6. The molecule has 2 heteroatoms. The van der Waals surface area contributed by atoms with E-state index >= 15 is 0 Å². The first-order chi connectivity index (χ1) is 9.93. The molecular weight excluding hydrogens is 244 g/mol. The van der Waals surface area contributed by atoms with Crippen molar-refractivity contribution in [1.82, 2.24) is 10.4 Å². The van der Waals surface area contributed by atoms with Crippen LogP contribution in [-0.4, -0.2) is 18.1 Å². The molecule has 0 aromatic heterocycles. The first kappa shape index (κ1) is 14.1. The van der Waals surface area contributed by atoms with Crippen molar-refractivity contribution in [3.63, 3.8) is 0 Å². The van der Waals surface area contributed by atoms with Gasteiger partial charge in [0.25, 0.3) is 0 Å². The second kappa shape index (κ2) is 7.24. The van der Waals surface area contributed by atoms with E-state index in [1.165, 1.54) is 70.0 Å². The minimum atomic E-state index is 0.523. The van der Waals surface area contributed by atoms with Gasteiger partial charge in [-0.05, 0) is 37.2 Å². The molecule has 1 aliphatic heterocycles. The van der Waals surface area contributed by atoms with E-state index in [4.69, 9.17) is 0 Å². The molecule has 0 radical (unpaired) electrons. The van der Waals surface area contributed by atoms with Crippen molar-refractivity contribution in [2.75, 3.05) is 13.1 Å². The highest BCUT2D eigenvalue weighted by molar-refractivity contribution is 5.19. The lowest BCUT2D eigenvalue weighted by Crippen LogP contribution is -2.46. The van der Waals surface area contributed by atoms with Gasteiger partial charge in [0.15, 0.2) is 0 Å². The van der Waals surface area contributed by atoms with Gasteiger partial charge in [-0.25, -0.2) is 10.4 Å². The van der Waals surface area contributed by atoms with Gasteiger partial charge in [-0.3, -0.25) is 0 Å². The maximum Gasteiger partial charge on any atom is 0.0492 e. The summed E-state index contributed by atoms with van der Waals surface area (Å²) < 4.78 is 0. The Labute approximate surface area is 123 Å². The van der Waals surface area contributed by atoms with Gasteiger partial charge in [-0.2, -0.15) is 0 Å². The Morgan fingerprint density at radius 2 is 1.50 bits per heavy atom. The summed E-state index contributed by atoms with van der Waals surface area (Å²) in [6.45, 7) is 2.44. The standard InChI is InChI=1S/C18H28N2/c1-4-10-16(11-5-1)18(17-12-6-2-7-13-17)19-20-14-8-3-9-15-20/h1,4-5,10-11,17-19H,2-3,6-9,12-15H2. The van der Waals surface area contributed by atoms with E-state index in [-0.39, 0.29) is 0 Å². The molecule has 1 saturated carbocycles. The smallest absolute Gasteiger partial charge is 0.0492 e. The molecule has 0 bridgehead atoms. The summed E-state index contributed by atoms with van der Waals surface area (Å²) in [5, 5.41) is 2.48. The molecule has 1 aromatic rings. The van der Waals surface area contributed by atoms with Crippen LogP contribution >= 0.6 is 0 Å². The van der Waals surface area contributed by atoms with Crippen LogP contribution in [0, 0.1) is 5.92 Å². The predicted molar refractivity (Wildman–Crippen MR) is 84.3 cm³/mol. The Balaban J connectivity index is 1.72. The van der Waals surface area contributed by atoms with Gasteiger partial charge in [0.2, 0.25) is 0 Å². The number of benzene rings is 1. The van der Waals surface area contributed by atoms with E-state index in [1.807, 2.05) is 0 Å². The molecule has 1 unspecified atom stereocenters. The van der Waals surface area contributed by atoms with Gasteiger partial charge in [0.05, 0.1) is 0 Å². The lowest BCUT2D eigenvalue weighted by Gasteiger charge is -2.37. The summed E-state index contributed by atoms with van der Waals surface area (Å²) in [4.78, 5) is 0. The van der Waals surface area contributed by atoms with Gasteiger partial charge >= 0.3 is 0 Å². The highest BCUT2D eigenvalue weighted by atomic mass is 15.5. The highest BCUT2D eigenvalue weighted by Gasteiger charge is 2.26. The number of rotatable bonds is 4. The molecule has 20 heavy (non-hydrogen) atoms.